The van der Waals surface area contributed by atoms with E-state index in [2.05, 4.69) is 39.6 Å². The van der Waals surface area contributed by atoms with Crippen LogP contribution in [0, 0.1) is 17.8 Å². The van der Waals surface area contributed by atoms with Crippen LogP contribution in [0.1, 0.15) is 34.6 Å². The minimum Gasteiger partial charge on any atom is -0.390 e. The Morgan fingerprint density at radius 1 is 1.23 bits per heavy atom. The van der Waals surface area contributed by atoms with Crippen molar-refractivity contribution in [1.82, 2.24) is 0 Å². The van der Waals surface area contributed by atoms with E-state index >= 15 is 0 Å². The third-order valence-electron chi connectivity index (χ3n) is 2.90. The molecule has 0 saturated carbocycles. The maximum atomic E-state index is 9.93. The van der Waals surface area contributed by atoms with Crippen molar-refractivity contribution in [2.45, 2.75) is 46.8 Å². The van der Waals surface area contributed by atoms with Gasteiger partial charge in [-0.15, -0.1) is 0 Å². The smallest absolute Gasteiger partial charge is 0.0843 e. The maximum Gasteiger partial charge on any atom is 0.0843 e. The molecular weight excluding hydrogens is 162 g/mol. The SMILES string of the molecule is CC(C)C1=NC(C(C)C)[C@H](O)[C@H]1C. The largest absolute Gasteiger partial charge is 0.390 e. The van der Waals surface area contributed by atoms with Crippen LogP contribution in [0.3, 0.4) is 0 Å². The van der Waals surface area contributed by atoms with Gasteiger partial charge in [0.05, 0.1) is 12.1 Å². The van der Waals surface area contributed by atoms with E-state index in [0.717, 1.165) is 0 Å². The van der Waals surface area contributed by atoms with Gasteiger partial charge in [0.25, 0.3) is 0 Å². The molecular formula is C11H21NO. The lowest BCUT2D eigenvalue weighted by atomic mass is 9.89. The van der Waals surface area contributed by atoms with Gasteiger partial charge in [-0.25, -0.2) is 0 Å². The molecule has 0 fully saturated rings. The minimum absolute atomic E-state index is 0.118. The number of hydrogen-bond donors (Lipinski definition) is 1. The van der Waals surface area contributed by atoms with Crippen LogP contribution in [-0.2, 0) is 0 Å². The van der Waals surface area contributed by atoms with Crippen molar-refractivity contribution < 1.29 is 5.11 Å². The molecule has 2 nitrogen and oxygen atoms in total. The number of rotatable bonds is 2. The Hall–Kier alpha value is -0.370. The molecule has 2 heteroatoms. The van der Waals surface area contributed by atoms with Crippen LogP contribution in [0.2, 0.25) is 0 Å². The topological polar surface area (TPSA) is 32.6 Å². The Balaban J connectivity index is 2.82. The highest BCUT2D eigenvalue weighted by Gasteiger charge is 2.36. The van der Waals surface area contributed by atoms with E-state index in [0.29, 0.717) is 11.8 Å². The normalized spacial score (nSPS) is 34.5. The zero-order valence-electron chi connectivity index (χ0n) is 9.28. The van der Waals surface area contributed by atoms with E-state index in [-0.39, 0.29) is 18.1 Å². The Morgan fingerprint density at radius 3 is 2.00 bits per heavy atom. The lowest BCUT2D eigenvalue weighted by molar-refractivity contribution is 0.112. The fraction of sp³-hybridized carbons (Fsp3) is 0.909. The molecule has 1 unspecified atom stereocenters. The molecule has 0 amide bonds. The maximum absolute atomic E-state index is 9.93. The average Bonchev–Trinajstić information content (AvgIpc) is 2.29. The van der Waals surface area contributed by atoms with E-state index in [4.69, 9.17) is 0 Å². The molecule has 0 saturated heterocycles. The van der Waals surface area contributed by atoms with Gasteiger partial charge in [0, 0.05) is 11.6 Å². The van der Waals surface area contributed by atoms with Crippen molar-refractivity contribution in [3.05, 3.63) is 0 Å². The van der Waals surface area contributed by atoms with Gasteiger partial charge in [0.2, 0.25) is 0 Å². The first-order valence-electron chi connectivity index (χ1n) is 5.20. The lowest BCUT2D eigenvalue weighted by Crippen LogP contribution is -2.31. The number of aliphatic imine (C=N–C) groups is 1. The van der Waals surface area contributed by atoms with Gasteiger partial charge >= 0.3 is 0 Å². The van der Waals surface area contributed by atoms with E-state index < -0.39 is 0 Å². The summed E-state index contributed by atoms with van der Waals surface area (Å²) in [7, 11) is 0. The molecule has 3 atom stereocenters. The van der Waals surface area contributed by atoms with Crippen LogP contribution in [0.5, 0.6) is 0 Å². The molecule has 76 valence electrons. The number of nitrogens with zero attached hydrogens (tertiary/aromatic N) is 1. The van der Waals surface area contributed by atoms with Crippen LogP contribution in [0.15, 0.2) is 4.99 Å². The standard InChI is InChI=1S/C11H21NO/c1-6(2)9-8(5)11(13)10(12-9)7(3)4/h6-8,10-11,13H,1-5H3/t8-,10?,11+/m0/s1. The molecule has 0 spiro atoms. The Morgan fingerprint density at radius 2 is 1.77 bits per heavy atom. The summed E-state index contributed by atoms with van der Waals surface area (Å²) < 4.78 is 0. The molecule has 0 aromatic carbocycles. The molecule has 0 aromatic rings. The summed E-state index contributed by atoms with van der Waals surface area (Å²) in [6, 6.07) is 0.118. The van der Waals surface area contributed by atoms with Crippen molar-refractivity contribution in [2.24, 2.45) is 22.7 Å². The van der Waals surface area contributed by atoms with Gasteiger partial charge < -0.3 is 5.11 Å². The number of aliphatic hydroxyl groups excluding tert-OH is 1. The summed E-state index contributed by atoms with van der Waals surface area (Å²) in [5.74, 6) is 1.15. The third kappa shape index (κ3) is 1.93. The first-order valence-corrected chi connectivity index (χ1v) is 5.20. The van der Waals surface area contributed by atoms with E-state index in [1.807, 2.05) is 0 Å². The van der Waals surface area contributed by atoms with Gasteiger partial charge in [-0.2, -0.15) is 0 Å². The van der Waals surface area contributed by atoms with Crippen LogP contribution in [-0.4, -0.2) is 23.0 Å². The van der Waals surface area contributed by atoms with Crippen LogP contribution >= 0.6 is 0 Å². The summed E-state index contributed by atoms with van der Waals surface area (Å²) in [5.41, 5.74) is 1.19. The van der Waals surface area contributed by atoms with E-state index in [1.165, 1.54) is 5.71 Å². The minimum atomic E-state index is -0.266. The predicted octanol–water partition coefficient (Wildman–Crippen LogP) is 2.12. The van der Waals surface area contributed by atoms with Crippen molar-refractivity contribution >= 4 is 5.71 Å². The highest BCUT2D eigenvalue weighted by atomic mass is 16.3. The Kier molecular flexibility index (Phi) is 3.12. The van der Waals surface area contributed by atoms with Crippen molar-refractivity contribution in [2.75, 3.05) is 0 Å². The van der Waals surface area contributed by atoms with Gasteiger partial charge in [0.15, 0.2) is 0 Å². The quantitative estimate of drug-likeness (QED) is 0.698. The van der Waals surface area contributed by atoms with Crippen molar-refractivity contribution in [3.8, 4) is 0 Å². The third-order valence-corrected chi connectivity index (χ3v) is 2.90. The molecule has 0 radical (unpaired) electrons. The second-order valence-electron chi connectivity index (χ2n) is 4.72. The molecule has 1 aliphatic heterocycles. The number of hydrogen-bond acceptors (Lipinski definition) is 2. The summed E-state index contributed by atoms with van der Waals surface area (Å²) >= 11 is 0. The first-order chi connectivity index (χ1) is 5.95. The van der Waals surface area contributed by atoms with Crippen LogP contribution in [0.4, 0.5) is 0 Å². The molecule has 13 heavy (non-hydrogen) atoms. The second kappa shape index (κ2) is 3.79. The van der Waals surface area contributed by atoms with Gasteiger partial charge in [-0.05, 0) is 11.8 Å². The average molecular weight is 183 g/mol. The Labute approximate surface area is 81.1 Å². The summed E-state index contributed by atoms with van der Waals surface area (Å²) in [6.07, 6.45) is -0.266. The van der Waals surface area contributed by atoms with Gasteiger partial charge in [-0.1, -0.05) is 34.6 Å². The van der Waals surface area contributed by atoms with Gasteiger partial charge in [-0.3, -0.25) is 4.99 Å². The van der Waals surface area contributed by atoms with Gasteiger partial charge in [0.1, 0.15) is 0 Å². The highest BCUT2D eigenvalue weighted by molar-refractivity contribution is 5.90. The Bertz CT molecular complexity index is 208. The highest BCUT2D eigenvalue weighted by Crippen LogP contribution is 2.28. The van der Waals surface area contributed by atoms with Crippen molar-refractivity contribution in [3.63, 3.8) is 0 Å². The predicted molar refractivity (Wildman–Crippen MR) is 56.1 cm³/mol. The van der Waals surface area contributed by atoms with Crippen LogP contribution < -0.4 is 0 Å². The molecule has 1 heterocycles. The second-order valence-corrected chi connectivity index (χ2v) is 4.72. The molecule has 0 aromatic heterocycles. The molecule has 1 aliphatic rings. The summed E-state index contributed by atoms with van der Waals surface area (Å²) in [6.45, 7) is 10.6. The lowest BCUT2D eigenvalue weighted by Gasteiger charge is -2.19. The van der Waals surface area contributed by atoms with Crippen LogP contribution in [0.25, 0.3) is 0 Å². The van der Waals surface area contributed by atoms with E-state index in [1.54, 1.807) is 0 Å². The molecule has 1 rings (SSSR count). The van der Waals surface area contributed by atoms with Crippen molar-refractivity contribution in [1.29, 1.82) is 0 Å². The molecule has 0 bridgehead atoms. The zero-order valence-corrected chi connectivity index (χ0v) is 9.28. The fourth-order valence-electron chi connectivity index (χ4n) is 2.06. The summed E-state index contributed by atoms with van der Waals surface area (Å²) in [5, 5.41) is 9.93. The summed E-state index contributed by atoms with van der Waals surface area (Å²) in [4.78, 5) is 4.62. The van der Waals surface area contributed by atoms with E-state index in [9.17, 15) is 5.11 Å². The molecule has 1 N–H and O–H groups in total. The first kappa shape index (κ1) is 10.7. The molecule has 0 aliphatic carbocycles. The monoisotopic (exact) mass is 183 g/mol. The number of aliphatic hydroxyl groups is 1. The fourth-order valence-corrected chi connectivity index (χ4v) is 2.06. The zero-order chi connectivity index (χ0) is 10.2.